The van der Waals surface area contributed by atoms with E-state index in [2.05, 4.69) is 4.99 Å². The van der Waals surface area contributed by atoms with Gasteiger partial charge in [0.05, 0.1) is 11.4 Å². The minimum Gasteiger partial charge on any atom is -0.379 e. The Morgan fingerprint density at radius 3 is 2.39 bits per heavy atom. The first-order valence-corrected chi connectivity index (χ1v) is 6.22. The molecular formula is C16H15NO. The van der Waals surface area contributed by atoms with Crippen molar-refractivity contribution in [1.82, 2.24) is 0 Å². The fourth-order valence-electron chi connectivity index (χ4n) is 2.52. The molecule has 0 fully saturated rings. The van der Waals surface area contributed by atoms with Gasteiger partial charge in [-0.05, 0) is 18.1 Å². The van der Waals surface area contributed by atoms with Crippen molar-refractivity contribution in [3.05, 3.63) is 65.7 Å². The van der Waals surface area contributed by atoms with Crippen LogP contribution in [0.25, 0.3) is 0 Å². The van der Waals surface area contributed by atoms with Gasteiger partial charge in [-0.25, -0.2) is 4.99 Å². The number of hydrogen-bond donors (Lipinski definition) is 1. The molecule has 1 aliphatic heterocycles. The molecule has 1 aliphatic rings. The zero-order chi connectivity index (χ0) is 12.6. The lowest BCUT2D eigenvalue weighted by molar-refractivity contribution is 0.112. The summed E-state index contributed by atoms with van der Waals surface area (Å²) in [6.07, 6.45) is 0.623. The fourth-order valence-corrected chi connectivity index (χ4v) is 2.52. The Kier molecular flexibility index (Phi) is 2.53. The van der Waals surface area contributed by atoms with E-state index in [0.717, 1.165) is 22.5 Å². The van der Waals surface area contributed by atoms with Crippen LogP contribution in [0.2, 0.25) is 0 Å². The van der Waals surface area contributed by atoms with E-state index in [0.29, 0.717) is 6.42 Å². The molecule has 1 unspecified atom stereocenters. The van der Waals surface area contributed by atoms with Gasteiger partial charge in [-0.15, -0.1) is 0 Å². The summed E-state index contributed by atoms with van der Waals surface area (Å²) in [7, 11) is 0. The van der Waals surface area contributed by atoms with Crippen LogP contribution in [0.15, 0.2) is 59.6 Å². The molecule has 2 aromatic carbocycles. The highest BCUT2D eigenvalue weighted by Crippen LogP contribution is 2.42. The van der Waals surface area contributed by atoms with E-state index in [4.69, 9.17) is 0 Å². The van der Waals surface area contributed by atoms with Gasteiger partial charge in [0, 0.05) is 5.56 Å². The highest BCUT2D eigenvalue weighted by atomic mass is 16.3. The molecule has 0 aromatic heterocycles. The first-order valence-electron chi connectivity index (χ1n) is 6.22. The van der Waals surface area contributed by atoms with Gasteiger partial charge in [-0.2, -0.15) is 0 Å². The van der Waals surface area contributed by atoms with Crippen molar-refractivity contribution < 1.29 is 5.11 Å². The van der Waals surface area contributed by atoms with Crippen LogP contribution in [0.3, 0.4) is 0 Å². The topological polar surface area (TPSA) is 32.6 Å². The summed E-state index contributed by atoms with van der Waals surface area (Å²) in [5.74, 6) is 0. The van der Waals surface area contributed by atoms with Gasteiger partial charge in [0.1, 0.15) is 5.60 Å². The average Bonchev–Trinajstić information content (AvgIpc) is 2.74. The van der Waals surface area contributed by atoms with Crippen molar-refractivity contribution in [2.24, 2.45) is 4.99 Å². The third kappa shape index (κ3) is 1.50. The number of rotatable bonds is 2. The maximum atomic E-state index is 10.9. The fraction of sp³-hybridized carbons (Fsp3) is 0.188. The molecule has 0 saturated heterocycles. The number of benzene rings is 2. The van der Waals surface area contributed by atoms with Crippen LogP contribution in [0.1, 0.15) is 24.5 Å². The van der Waals surface area contributed by atoms with Crippen molar-refractivity contribution in [1.29, 1.82) is 0 Å². The molecule has 2 nitrogen and oxygen atoms in total. The van der Waals surface area contributed by atoms with Crippen LogP contribution in [0.5, 0.6) is 0 Å². The number of para-hydroxylation sites is 1. The van der Waals surface area contributed by atoms with Gasteiger partial charge >= 0.3 is 0 Å². The molecule has 0 saturated carbocycles. The first kappa shape index (κ1) is 11.2. The normalized spacial score (nSPS) is 21.6. The van der Waals surface area contributed by atoms with E-state index < -0.39 is 5.60 Å². The maximum Gasteiger partial charge on any atom is 0.134 e. The SMILES string of the molecule is CCC1(O)C(c2ccccc2)=Nc2ccccc21. The molecule has 3 rings (SSSR count). The summed E-state index contributed by atoms with van der Waals surface area (Å²) < 4.78 is 0. The third-order valence-electron chi connectivity index (χ3n) is 3.53. The molecule has 18 heavy (non-hydrogen) atoms. The Bertz CT molecular complexity index is 604. The van der Waals surface area contributed by atoms with Crippen LogP contribution in [-0.4, -0.2) is 10.8 Å². The van der Waals surface area contributed by atoms with Crippen molar-refractivity contribution in [2.75, 3.05) is 0 Å². The standard InChI is InChI=1S/C16H15NO/c1-2-16(18)13-10-6-7-11-14(13)17-15(16)12-8-4-3-5-9-12/h3-11,18H,2H2,1H3. The minimum atomic E-state index is -0.960. The first-order chi connectivity index (χ1) is 8.75. The van der Waals surface area contributed by atoms with Crippen LogP contribution >= 0.6 is 0 Å². The van der Waals surface area contributed by atoms with E-state index in [1.54, 1.807) is 0 Å². The predicted molar refractivity (Wildman–Crippen MR) is 73.3 cm³/mol. The summed E-state index contributed by atoms with van der Waals surface area (Å²) in [5.41, 5.74) is 2.56. The number of fused-ring (bicyclic) bond motifs is 1. The Morgan fingerprint density at radius 1 is 1.00 bits per heavy atom. The molecule has 2 aromatic rings. The molecular weight excluding hydrogens is 222 g/mol. The van der Waals surface area contributed by atoms with Gasteiger partial charge < -0.3 is 5.11 Å². The lowest BCUT2D eigenvalue weighted by Crippen LogP contribution is -2.32. The van der Waals surface area contributed by atoms with E-state index in [1.807, 2.05) is 61.5 Å². The lowest BCUT2D eigenvalue weighted by atomic mass is 9.85. The van der Waals surface area contributed by atoms with Gasteiger partial charge in [0.25, 0.3) is 0 Å². The van der Waals surface area contributed by atoms with Gasteiger partial charge in [-0.1, -0.05) is 55.5 Å². The van der Waals surface area contributed by atoms with E-state index >= 15 is 0 Å². The van der Waals surface area contributed by atoms with E-state index in [9.17, 15) is 5.11 Å². The number of aliphatic imine (C=N–C) groups is 1. The minimum absolute atomic E-state index is 0.623. The number of aliphatic hydroxyl groups is 1. The van der Waals surface area contributed by atoms with Crippen LogP contribution in [-0.2, 0) is 5.60 Å². The Morgan fingerprint density at radius 2 is 1.67 bits per heavy atom. The second-order valence-corrected chi connectivity index (χ2v) is 4.56. The third-order valence-corrected chi connectivity index (χ3v) is 3.53. The monoisotopic (exact) mass is 237 g/mol. The zero-order valence-corrected chi connectivity index (χ0v) is 10.3. The molecule has 0 radical (unpaired) electrons. The Balaban J connectivity index is 2.18. The van der Waals surface area contributed by atoms with Crippen LogP contribution < -0.4 is 0 Å². The van der Waals surface area contributed by atoms with Crippen molar-refractivity contribution in [3.63, 3.8) is 0 Å². The number of hydrogen-bond acceptors (Lipinski definition) is 2. The zero-order valence-electron chi connectivity index (χ0n) is 10.3. The molecule has 2 heteroatoms. The quantitative estimate of drug-likeness (QED) is 0.852. The van der Waals surface area contributed by atoms with E-state index in [-0.39, 0.29) is 0 Å². The second kappa shape index (κ2) is 4.07. The average molecular weight is 237 g/mol. The van der Waals surface area contributed by atoms with Gasteiger partial charge in [0.15, 0.2) is 0 Å². The smallest absolute Gasteiger partial charge is 0.134 e. The highest BCUT2D eigenvalue weighted by Gasteiger charge is 2.40. The van der Waals surface area contributed by atoms with Gasteiger partial charge in [-0.3, -0.25) is 0 Å². The summed E-state index contributed by atoms with van der Waals surface area (Å²) in [5, 5.41) is 10.9. The van der Waals surface area contributed by atoms with E-state index in [1.165, 1.54) is 0 Å². The van der Waals surface area contributed by atoms with Crippen molar-refractivity contribution in [3.8, 4) is 0 Å². The largest absolute Gasteiger partial charge is 0.379 e. The van der Waals surface area contributed by atoms with Crippen molar-refractivity contribution in [2.45, 2.75) is 18.9 Å². The number of nitrogens with zero attached hydrogens (tertiary/aromatic N) is 1. The Labute approximate surface area is 107 Å². The summed E-state index contributed by atoms with van der Waals surface area (Å²) in [4.78, 5) is 4.61. The molecule has 1 atom stereocenters. The Hall–Kier alpha value is -1.93. The van der Waals surface area contributed by atoms with Crippen LogP contribution in [0, 0.1) is 0 Å². The summed E-state index contributed by atoms with van der Waals surface area (Å²) in [6.45, 7) is 1.99. The molecule has 1 N–H and O–H groups in total. The molecule has 0 bridgehead atoms. The summed E-state index contributed by atoms with van der Waals surface area (Å²) >= 11 is 0. The van der Waals surface area contributed by atoms with Crippen molar-refractivity contribution >= 4 is 11.4 Å². The molecule has 0 spiro atoms. The molecule has 0 amide bonds. The molecule has 90 valence electrons. The molecule has 1 heterocycles. The lowest BCUT2D eigenvalue weighted by Gasteiger charge is -2.24. The molecule has 0 aliphatic carbocycles. The van der Waals surface area contributed by atoms with Gasteiger partial charge in [0.2, 0.25) is 0 Å². The maximum absolute atomic E-state index is 10.9. The van der Waals surface area contributed by atoms with Crippen LogP contribution in [0.4, 0.5) is 5.69 Å². The predicted octanol–water partition coefficient (Wildman–Crippen LogP) is 3.42. The highest BCUT2D eigenvalue weighted by molar-refractivity contribution is 6.11. The summed E-state index contributed by atoms with van der Waals surface area (Å²) in [6, 6.07) is 17.7. The second-order valence-electron chi connectivity index (χ2n) is 4.56.